The number of nitrogens with two attached hydrogens (primary N) is 1. The number of guanidine groups is 1. The molecular weight excluding hydrogens is 331 g/mol. The number of nitrogens with zero attached hydrogens (tertiary/aromatic N) is 2. The fourth-order valence-electron chi connectivity index (χ4n) is 3.13. The van der Waals surface area contributed by atoms with Crippen LogP contribution in [0.1, 0.15) is 44.1 Å². The third-order valence-electron chi connectivity index (χ3n) is 4.49. The maximum Gasteiger partial charge on any atom is 0.224 e. The smallest absolute Gasteiger partial charge is 0.224 e. The molecule has 0 atom stereocenters. The SMILES string of the molecule is NC(=NCc1cccnc1Oc1cccc(F)c1)NC1CCCCCC1. The molecule has 0 aliphatic heterocycles. The van der Waals surface area contributed by atoms with Gasteiger partial charge < -0.3 is 15.8 Å². The molecule has 1 aromatic carbocycles. The lowest BCUT2D eigenvalue weighted by Crippen LogP contribution is -2.39. The van der Waals surface area contributed by atoms with E-state index in [0.717, 1.165) is 18.4 Å². The number of hydrogen-bond acceptors (Lipinski definition) is 3. The number of halogens is 1. The Morgan fingerprint density at radius 3 is 2.77 bits per heavy atom. The van der Waals surface area contributed by atoms with E-state index in [1.54, 1.807) is 18.3 Å². The Bertz CT molecular complexity index is 742. The highest BCUT2D eigenvalue weighted by molar-refractivity contribution is 5.78. The van der Waals surface area contributed by atoms with E-state index in [0.29, 0.717) is 30.2 Å². The summed E-state index contributed by atoms with van der Waals surface area (Å²) < 4.78 is 19.0. The third-order valence-corrected chi connectivity index (χ3v) is 4.49. The van der Waals surface area contributed by atoms with E-state index >= 15 is 0 Å². The highest BCUT2D eigenvalue weighted by atomic mass is 19.1. The Morgan fingerprint density at radius 2 is 2.00 bits per heavy atom. The summed E-state index contributed by atoms with van der Waals surface area (Å²) >= 11 is 0. The van der Waals surface area contributed by atoms with Crippen molar-refractivity contribution in [1.82, 2.24) is 10.3 Å². The molecule has 6 heteroatoms. The van der Waals surface area contributed by atoms with Crippen molar-refractivity contribution in [2.24, 2.45) is 10.7 Å². The number of pyridine rings is 1. The number of aromatic nitrogens is 1. The molecule has 26 heavy (non-hydrogen) atoms. The van der Waals surface area contributed by atoms with Crippen molar-refractivity contribution in [3.63, 3.8) is 0 Å². The maximum absolute atomic E-state index is 13.3. The van der Waals surface area contributed by atoms with Crippen LogP contribution in [0.4, 0.5) is 4.39 Å². The third kappa shape index (κ3) is 5.44. The quantitative estimate of drug-likeness (QED) is 0.480. The summed E-state index contributed by atoms with van der Waals surface area (Å²) in [6.45, 7) is 0.351. The first kappa shape index (κ1) is 18.2. The van der Waals surface area contributed by atoms with Crippen molar-refractivity contribution in [1.29, 1.82) is 0 Å². The second kappa shape index (κ2) is 9.17. The van der Waals surface area contributed by atoms with Crippen LogP contribution in [0.25, 0.3) is 0 Å². The molecule has 3 N–H and O–H groups in total. The van der Waals surface area contributed by atoms with E-state index in [9.17, 15) is 4.39 Å². The first-order chi connectivity index (χ1) is 12.7. The zero-order valence-corrected chi connectivity index (χ0v) is 14.8. The standard InChI is InChI=1S/C20H25FN4O/c21-16-8-5-11-18(13-16)26-19-15(7-6-12-23-19)14-24-20(22)25-17-9-3-1-2-4-10-17/h5-8,11-13,17H,1-4,9-10,14H2,(H3,22,24,25). The first-order valence-electron chi connectivity index (χ1n) is 9.14. The largest absolute Gasteiger partial charge is 0.439 e. The predicted octanol–water partition coefficient (Wildman–Crippen LogP) is 4.14. The second-order valence-corrected chi connectivity index (χ2v) is 6.56. The van der Waals surface area contributed by atoms with Gasteiger partial charge in [-0.3, -0.25) is 0 Å². The lowest BCUT2D eigenvalue weighted by molar-refractivity contribution is 0.452. The van der Waals surface area contributed by atoms with Crippen LogP contribution in [0, 0.1) is 5.82 Å². The minimum absolute atomic E-state index is 0.351. The summed E-state index contributed by atoms with van der Waals surface area (Å²) in [6.07, 6.45) is 8.97. The highest BCUT2D eigenvalue weighted by Crippen LogP contribution is 2.24. The van der Waals surface area contributed by atoms with Crippen LogP contribution in [0.2, 0.25) is 0 Å². The fourth-order valence-corrected chi connectivity index (χ4v) is 3.13. The number of ether oxygens (including phenoxy) is 1. The molecule has 2 aromatic rings. The molecule has 138 valence electrons. The zero-order valence-electron chi connectivity index (χ0n) is 14.8. The summed E-state index contributed by atoms with van der Waals surface area (Å²) in [4.78, 5) is 8.66. The molecule has 1 saturated carbocycles. The summed E-state index contributed by atoms with van der Waals surface area (Å²) in [5, 5.41) is 3.32. The molecule has 1 aromatic heterocycles. The molecule has 5 nitrogen and oxygen atoms in total. The topological polar surface area (TPSA) is 72.5 Å². The minimum Gasteiger partial charge on any atom is -0.439 e. The van der Waals surface area contributed by atoms with E-state index in [4.69, 9.17) is 10.5 Å². The van der Waals surface area contributed by atoms with Crippen molar-refractivity contribution in [2.75, 3.05) is 0 Å². The summed E-state index contributed by atoms with van der Waals surface area (Å²) in [5.74, 6) is 0.898. The molecule has 0 spiro atoms. The van der Waals surface area contributed by atoms with Gasteiger partial charge in [-0.05, 0) is 31.0 Å². The van der Waals surface area contributed by atoms with Crippen molar-refractivity contribution < 1.29 is 9.13 Å². The van der Waals surface area contributed by atoms with Crippen LogP contribution < -0.4 is 15.8 Å². The molecule has 0 saturated heterocycles. The number of aliphatic imine (C=N–C) groups is 1. The van der Waals surface area contributed by atoms with Crippen molar-refractivity contribution >= 4 is 5.96 Å². The summed E-state index contributed by atoms with van der Waals surface area (Å²) in [7, 11) is 0. The van der Waals surface area contributed by atoms with Crippen molar-refractivity contribution in [3.05, 3.63) is 54.0 Å². The van der Waals surface area contributed by atoms with Gasteiger partial charge in [0, 0.05) is 23.9 Å². The predicted molar refractivity (Wildman–Crippen MR) is 101 cm³/mol. The summed E-state index contributed by atoms with van der Waals surface area (Å²) in [6, 6.07) is 10.1. The molecular formula is C20H25FN4O. The number of rotatable bonds is 5. The number of hydrogen-bond donors (Lipinski definition) is 2. The zero-order chi connectivity index (χ0) is 18.2. The van der Waals surface area contributed by atoms with E-state index in [1.807, 2.05) is 12.1 Å². The normalized spacial score (nSPS) is 16.1. The van der Waals surface area contributed by atoms with Crippen molar-refractivity contribution in [2.45, 2.75) is 51.1 Å². The van der Waals surface area contributed by atoms with E-state index in [2.05, 4.69) is 15.3 Å². The summed E-state index contributed by atoms with van der Waals surface area (Å²) in [5.41, 5.74) is 6.85. The second-order valence-electron chi connectivity index (χ2n) is 6.56. The average molecular weight is 356 g/mol. The van der Waals surface area contributed by atoms with Crippen LogP contribution in [0.5, 0.6) is 11.6 Å². The van der Waals surface area contributed by atoms with E-state index < -0.39 is 0 Å². The van der Waals surface area contributed by atoms with Gasteiger partial charge in [-0.15, -0.1) is 0 Å². The molecule has 3 rings (SSSR count). The molecule has 1 aliphatic carbocycles. The van der Waals surface area contributed by atoms with Crippen LogP contribution in [0.15, 0.2) is 47.6 Å². The lowest BCUT2D eigenvalue weighted by Gasteiger charge is -2.16. The molecule has 0 radical (unpaired) electrons. The number of nitrogens with one attached hydrogen (secondary N) is 1. The maximum atomic E-state index is 13.3. The van der Waals surface area contributed by atoms with Gasteiger partial charge in [-0.2, -0.15) is 0 Å². The van der Waals surface area contributed by atoms with Crippen LogP contribution >= 0.6 is 0 Å². The molecule has 1 heterocycles. The van der Waals surface area contributed by atoms with Gasteiger partial charge >= 0.3 is 0 Å². The van der Waals surface area contributed by atoms with Crippen LogP contribution in [0.3, 0.4) is 0 Å². The molecule has 0 unspecified atom stereocenters. The van der Waals surface area contributed by atoms with Gasteiger partial charge in [-0.25, -0.2) is 14.4 Å². The molecule has 1 fully saturated rings. The van der Waals surface area contributed by atoms with Crippen LogP contribution in [-0.4, -0.2) is 17.0 Å². The van der Waals surface area contributed by atoms with Crippen molar-refractivity contribution in [3.8, 4) is 11.6 Å². The van der Waals surface area contributed by atoms with Gasteiger partial charge in [-0.1, -0.05) is 37.8 Å². The lowest BCUT2D eigenvalue weighted by atomic mass is 10.1. The van der Waals surface area contributed by atoms with Gasteiger partial charge in [0.25, 0.3) is 0 Å². The first-order valence-corrected chi connectivity index (χ1v) is 9.14. The Hall–Kier alpha value is -2.63. The Balaban J connectivity index is 1.63. The Kier molecular flexibility index (Phi) is 6.41. The molecule has 1 aliphatic rings. The van der Waals surface area contributed by atoms with Crippen LogP contribution in [-0.2, 0) is 6.54 Å². The average Bonchev–Trinajstić information content (AvgIpc) is 2.90. The Morgan fingerprint density at radius 1 is 1.19 bits per heavy atom. The van der Waals surface area contributed by atoms with Gasteiger partial charge in [0.15, 0.2) is 5.96 Å². The molecule has 0 amide bonds. The monoisotopic (exact) mass is 356 g/mol. The van der Waals surface area contributed by atoms with E-state index in [1.165, 1.54) is 37.8 Å². The number of benzene rings is 1. The van der Waals surface area contributed by atoms with Gasteiger partial charge in [0.1, 0.15) is 11.6 Å². The highest BCUT2D eigenvalue weighted by Gasteiger charge is 2.12. The molecule has 0 bridgehead atoms. The van der Waals surface area contributed by atoms with Gasteiger partial charge in [0.05, 0.1) is 6.54 Å². The fraction of sp³-hybridized carbons (Fsp3) is 0.400. The Labute approximate surface area is 153 Å². The van der Waals surface area contributed by atoms with E-state index in [-0.39, 0.29) is 5.82 Å². The minimum atomic E-state index is -0.352. The van der Waals surface area contributed by atoms with Gasteiger partial charge in [0.2, 0.25) is 5.88 Å².